The average molecular weight is 300 g/mol. The van der Waals surface area contributed by atoms with Crippen LogP contribution in [0.15, 0.2) is 10.7 Å². The van der Waals surface area contributed by atoms with Crippen molar-refractivity contribution in [2.45, 2.75) is 6.18 Å². The molecule has 0 radical (unpaired) electrons. The van der Waals surface area contributed by atoms with Crippen LogP contribution in [0.2, 0.25) is 5.15 Å². The number of nitrogens with one attached hydrogen (secondary N) is 1. The molecule has 2 heterocycles. The molecular weight excluding hydrogens is 298 g/mol. The Labute approximate surface area is 94.8 Å². The maximum atomic E-state index is 12.6. The first-order valence-corrected chi connectivity index (χ1v) is 4.84. The molecule has 8 heteroatoms. The first kappa shape index (κ1) is 10.7. The highest BCUT2D eigenvalue weighted by atomic mass is 79.9. The highest BCUT2D eigenvalue weighted by molar-refractivity contribution is 9.10. The Kier molecular flexibility index (Phi) is 2.38. The molecule has 0 atom stereocenters. The van der Waals surface area contributed by atoms with Crippen molar-refractivity contribution in [2.75, 3.05) is 0 Å². The van der Waals surface area contributed by atoms with Gasteiger partial charge in [0, 0.05) is 0 Å². The second-order valence-corrected chi connectivity index (χ2v) is 3.91. The van der Waals surface area contributed by atoms with Gasteiger partial charge in [0.05, 0.1) is 10.9 Å². The van der Waals surface area contributed by atoms with Crippen LogP contribution in [0.1, 0.15) is 5.56 Å². The second-order valence-electron chi connectivity index (χ2n) is 2.73. The highest BCUT2D eigenvalue weighted by Gasteiger charge is 2.35. The third-order valence-corrected chi connectivity index (χ3v) is 2.52. The molecule has 3 nitrogen and oxygen atoms in total. The molecule has 0 fully saturated rings. The van der Waals surface area contributed by atoms with Gasteiger partial charge in [0.1, 0.15) is 9.76 Å². The van der Waals surface area contributed by atoms with Gasteiger partial charge in [0.15, 0.2) is 5.65 Å². The summed E-state index contributed by atoms with van der Waals surface area (Å²) >= 11 is 8.39. The molecule has 0 saturated heterocycles. The third-order valence-electron chi connectivity index (χ3n) is 1.75. The van der Waals surface area contributed by atoms with E-state index >= 15 is 0 Å². The molecule has 2 aromatic rings. The van der Waals surface area contributed by atoms with Crippen LogP contribution in [0.25, 0.3) is 11.0 Å². The maximum absolute atomic E-state index is 12.6. The normalized spacial score (nSPS) is 12.3. The molecule has 15 heavy (non-hydrogen) atoms. The topological polar surface area (TPSA) is 41.6 Å². The molecule has 0 spiro atoms. The molecule has 0 unspecified atom stereocenters. The molecule has 80 valence electrons. The summed E-state index contributed by atoms with van der Waals surface area (Å²) in [6, 6.07) is 0.768. The first-order chi connectivity index (χ1) is 6.89. The van der Waals surface area contributed by atoms with E-state index in [1.165, 1.54) is 0 Å². The minimum Gasteiger partial charge on any atom is -0.269 e. The second kappa shape index (κ2) is 3.34. The number of alkyl halides is 3. The molecule has 0 bridgehead atoms. The standard InChI is InChI=1S/C7H2BrClF3N3/c8-5-4-2(7(10,11)12)1-3(9)13-6(4)15-14-5/h1H,(H,13,14,15). The van der Waals surface area contributed by atoms with Crippen molar-refractivity contribution < 1.29 is 13.2 Å². The largest absolute Gasteiger partial charge is 0.417 e. The van der Waals surface area contributed by atoms with Gasteiger partial charge >= 0.3 is 6.18 Å². The zero-order valence-electron chi connectivity index (χ0n) is 6.86. The molecular formula is C7H2BrClF3N3. The summed E-state index contributed by atoms with van der Waals surface area (Å²) in [4.78, 5) is 3.66. The van der Waals surface area contributed by atoms with Crippen molar-refractivity contribution in [2.24, 2.45) is 0 Å². The van der Waals surface area contributed by atoms with Crippen molar-refractivity contribution in [3.8, 4) is 0 Å². The van der Waals surface area contributed by atoms with Crippen LogP contribution in [0, 0.1) is 0 Å². The van der Waals surface area contributed by atoms with Gasteiger partial charge in [-0.15, -0.1) is 0 Å². The predicted octanol–water partition coefficient (Wildman–Crippen LogP) is 3.39. The van der Waals surface area contributed by atoms with Crippen molar-refractivity contribution in [3.63, 3.8) is 0 Å². The molecule has 0 aliphatic rings. The van der Waals surface area contributed by atoms with Gasteiger partial charge in [-0.1, -0.05) is 11.6 Å². The fourth-order valence-electron chi connectivity index (χ4n) is 1.18. The van der Waals surface area contributed by atoms with E-state index < -0.39 is 11.7 Å². The summed E-state index contributed by atoms with van der Waals surface area (Å²) in [7, 11) is 0. The molecule has 0 aromatic carbocycles. The Morgan fingerprint density at radius 2 is 2.07 bits per heavy atom. The minimum atomic E-state index is -4.49. The van der Waals surface area contributed by atoms with Gasteiger partial charge in [0.25, 0.3) is 0 Å². The Morgan fingerprint density at radius 1 is 1.40 bits per heavy atom. The average Bonchev–Trinajstić information content (AvgIpc) is 2.44. The molecule has 0 aliphatic carbocycles. The first-order valence-electron chi connectivity index (χ1n) is 3.67. The van der Waals surface area contributed by atoms with Crippen LogP contribution in [0.4, 0.5) is 13.2 Å². The third kappa shape index (κ3) is 1.81. The van der Waals surface area contributed by atoms with E-state index in [2.05, 4.69) is 31.1 Å². The smallest absolute Gasteiger partial charge is 0.269 e. The summed E-state index contributed by atoms with van der Waals surface area (Å²) in [6.07, 6.45) is -4.49. The summed E-state index contributed by atoms with van der Waals surface area (Å²) in [5.74, 6) is 0. The van der Waals surface area contributed by atoms with E-state index in [1.807, 2.05) is 0 Å². The van der Waals surface area contributed by atoms with Crippen molar-refractivity contribution in [3.05, 3.63) is 21.4 Å². The highest BCUT2D eigenvalue weighted by Crippen LogP contribution is 2.37. The maximum Gasteiger partial charge on any atom is 0.417 e. The quantitative estimate of drug-likeness (QED) is 0.758. The lowest BCUT2D eigenvalue weighted by Crippen LogP contribution is -2.06. The summed E-state index contributed by atoms with van der Waals surface area (Å²) in [6.45, 7) is 0. The van der Waals surface area contributed by atoms with E-state index in [0.717, 1.165) is 6.07 Å². The summed E-state index contributed by atoms with van der Waals surface area (Å²) in [5.41, 5.74) is -0.931. The Hall–Kier alpha value is -0.820. The number of rotatable bonds is 0. The van der Waals surface area contributed by atoms with Crippen molar-refractivity contribution >= 4 is 38.6 Å². The van der Waals surface area contributed by atoms with Gasteiger partial charge in [-0.3, -0.25) is 5.10 Å². The molecule has 1 N–H and O–H groups in total. The molecule has 2 rings (SSSR count). The number of nitrogens with zero attached hydrogens (tertiary/aromatic N) is 2. The van der Waals surface area contributed by atoms with E-state index in [4.69, 9.17) is 11.6 Å². The lowest BCUT2D eigenvalue weighted by atomic mass is 10.2. The van der Waals surface area contributed by atoms with E-state index in [-0.39, 0.29) is 20.8 Å². The zero-order valence-corrected chi connectivity index (χ0v) is 9.20. The lowest BCUT2D eigenvalue weighted by Gasteiger charge is -2.07. The van der Waals surface area contributed by atoms with Gasteiger partial charge in [0.2, 0.25) is 0 Å². The van der Waals surface area contributed by atoms with E-state index in [0.29, 0.717) is 0 Å². The molecule has 0 saturated carbocycles. The number of hydrogen-bond acceptors (Lipinski definition) is 2. The number of aromatic nitrogens is 3. The van der Waals surface area contributed by atoms with Gasteiger partial charge in [-0.05, 0) is 22.0 Å². The number of fused-ring (bicyclic) bond motifs is 1. The van der Waals surface area contributed by atoms with E-state index in [9.17, 15) is 13.2 Å². The number of H-pyrrole nitrogens is 1. The lowest BCUT2D eigenvalue weighted by molar-refractivity contribution is -0.136. The van der Waals surface area contributed by atoms with Crippen molar-refractivity contribution in [1.29, 1.82) is 0 Å². The number of halogens is 5. The van der Waals surface area contributed by atoms with Crippen LogP contribution in [0.3, 0.4) is 0 Å². The van der Waals surface area contributed by atoms with Crippen LogP contribution >= 0.6 is 27.5 Å². The monoisotopic (exact) mass is 299 g/mol. The molecule has 0 aliphatic heterocycles. The van der Waals surface area contributed by atoms with Crippen LogP contribution < -0.4 is 0 Å². The van der Waals surface area contributed by atoms with Gasteiger partial charge in [-0.25, -0.2) is 4.98 Å². The van der Waals surface area contributed by atoms with Crippen molar-refractivity contribution in [1.82, 2.24) is 15.2 Å². The van der Waals surface area contributed by atoms with Crippen LogP contribution in [-0.4, -0.2) is 15.2 Å². The number of aromatic amines is 1. The molecule has 0 amide bonds. The fraction of sp³-hybridized carbons (Fsp3) is 0.143. The number of pyridine rings is 1. The predicted molar refractivity (Wildman–Crippen MR) is 51.6 cm³/mol. The summed E-state index contributed by atoms with van der Waals surface area (Å²) in [5, 5.41) is 5.59. The minimum absolute atomic E-state index is 0.0679. The van der Waals surface area contributed by atoms with Gasteiger partial charge in [-0.2, -0.15) is 18.3 Å². The Balaban J connectivity index is 2.87. The Morgan fingerprint density at radius 3 is 2.67 bits per heavy atom. The SMILES string of the molecule is FC(F)(F)c1cc(Cl)nc2n[nH]c(Br)c12. The fourth-order valence-corrected chi connectivity index (χ4v) is 1.85. The van der Waals surface area contributed by atoms with Crippen LogP contribution in [0.5, 0.6) is 0 Å². The number of hydrogen-bond donors (Lipinski definition) is 1. The van der Waals surface area contributed by atoms with Gasteiger partial charge < -0.3 is 0 Å². The van der Waals surface area contributed by atoms with E-state index in [1.54, 1.807) is 0 Å². The van der Waals surface area contributed by atoms with Crippen LogP contribution in [-0.2, 0) is 6.18 Å². The molecule has 2 aromatic heterocycles. The summed E-state index contributed by atoms with van der Waals surface area (Å²) < 4.78 is 38.0. The zero-order chi connectivity index (χ0) is 11.2. The Bertz CT molecular complexity index is 522.